The fraction of sp³-hybridized carbons (Fsp3) is 0.333. The van der Waals surface area contributed by atoms with Crippen molar-refractivity contribution in [1.82, 2.24) is 14.6 Å². The van der Waals surface area contributed by atoms with E-state index in [1.165, 1.54) is 0 Å². The summed E-state index contributed by atoms with van der Waals surface area (Å²) < 4.78 is 6.87. The summed E-state index contributed by atoms with van der Waals surface area (Å²) in [7, 11) is 1.61. The molecule has 0 bridgehead atoms. The second-order valence-electron chi connectivity index (χ2n) is 3.17. The second-order valence-corrected chi connectivity index (χ2v) is 3.17. The Morgan fingerprint density at radius 1 is 1.43 bits per heavy atom. The van der Waals surface area contributed by atoms with Crippen LogP contribution in [0.2, 0.25) is 0 Å². The lowest BCUT2D eigenvalue weighted by atomic mass is 10.2. The summed E-state index contributed by atoms with van der Waals surface area (Å²) in [5.41, 5.74) is 8.80. The standard InChI is InChI=1S/C9H12N4O/c1-5-6(2)12-8-7(10)4-11-13(8)9(5)14-3/h4H,10H2,1-3H3. The SMILES string of the molecule is COc1c(C)c(C)nc2c(N)cnn12. The van der Waals surface area contributed by atoms with E-state index in [9.17, 15) is 0 Å². The number of hydrogen-bond donors (Lipinski definition) is 1. The normalized spacial score (nSPS) is 10.8. The monoisotopic (exact) mass is 192 g/mol. The van der Waals surface area contributed by atoms with Crippen molar-refractivity contribution in [3.05, 3.63) is 17.5 Å². The van der Waals surface area contributed by atoms with E-state index < -0.39 is 0 Å². The van der Waals surface area contributed by atoms with Crippen LogP contribution in [0.3, 0.4) is 0 Å². The highest BCUT2D eigenvalue weighted by Gasteiger charge is 2.12. The Morgan fingerprint density at radius 2 is 2.14 bits per heavy atom. The first kappa shape index (κ1) is 8.80. The molecule has 0 fully saturated rings. The Balaban J connectivity index is 2.90. The zero-order chi connectivity index (χ0) is 10.3. The van der Waals surface area contributed by atoms with Crippen molar-refractivity contribution >= 4 is 11.3 Å². The van der Waals surface area contributed by atoms with E-state index in [2.05, 4.69) is 10.1 Å². The van der Waals surface area contributed by atoms with E-state index in [0.717, 1.165) is 11.3 Å². The first-order valence-corrected chi connectivity index (χ1v) is 4.29. The lowest BCUT2D eigenvalue weighted by molar-refractivity contribution is 0.380. The van der Waals surface area contributed by atoms with Gasteiger partial charge in [-0.1, -0.05) is 0 Å². The van der Waals surface area contributed by atoms with Crippen molar-refractivity contribution in [2.75, 3.05) is 12.8 Å². The number of fused-ring (bicyclic) bond motifs is 1. The Hall–Kier alpha value is -1.78. The Labute approximate surface area is 81.5 Å². The van der Waals surface area contributed by atoms with Gasteiger partial charge in [0.05, 0.1) is 19.0 Å². The van der Waals surface area contributed by atoms with Gasteiger partial charge >= 0.3 is 0 Å². The highest BCUT2D eigenvalue weighted by molar-refractivity contribution is 5.65. The number of aryl methyl sites for hydroxylation is 1. The summed E-state index contributed by atoms with van der Waals surface area (Å²) in [5, 5.41) is 4.10. The van der Waals surface area contributed by atoms with Gasteiger partial charge in [-0.05, 0) is 13.8 Å². The quantitative estimate of drug-likeness (QED) is 0.730. The third-order valence-electron chi connectivity index (χ3n) is 2.29. The molecule has 0 saturated heterocycles. The largest absolute Gasteiger partial charge is 0.481 e. The number of nitrogen functional groups attached to an aromatic ring is 1. The molecule has 0 aliphatic rings. The fourth-order valence-corrected chi connectivity index (χ4v) is 1.41. The van der Waals surface area contributed by atoms with E-state index in [1.54, 1.807) is 17.8 Å². The van der Waals surface area contributed by atoms with Gasteiger partial charge in [0.2, 0.25) is 5.88 Å². The summed E-state index contributed by atoms with van der Waals surface area (Å²) in [4.78, 5) is 4.34. The summed E-state index contributed by atoms with van der Waals surface area (Å²) in [6, 6.07) is 0. The van der Waals surface area contributed by atoms with Crippen LogP contribution < -0.4 is 10.5 Å². The van der Waals surface area contributed by atoms with E-state index in [0.29, 0.717) is 17.2 Å². The zero-order valence-electron chi connectivity index (χ0n) is 8.40. The van der Waals surface area contributed by atoms with Crippen LogP contribution in [0.5, 0.6) is 5.88 Å². The van der Waals surface area contributed by atoms with Gasteiger partial charge in [0.25, 0.3) is 0 Å². The van der Waals surface area contributed by atoms with Crippen molar-refractivity contribution < 1.29 is 4.74 Å². The van der Waals surface area contributed by atoms with Crippen LogP contribution in [0.1, 0.15) is 11.3 Å². The second kappa shape index (κ2) is 2.87. The molecule has 2 aromatic heterocycles. The van der Waals surface area contributed by atoms with Crippen molar-refractivity contribution in [2.45, 2.75) is 13.8 Å². The van der Waals surface area contributed by atoms with Gasteiger partial charge in [-0.2, -0.15) is 9.61 Å². The van der Waals surface area contributed by atoms with Crippen molar-refractivity contribution in [3.8, 4) is 5.88 Å². The van der Waals surface area contributed by atoms with E-state index in [4.69, 9.17) is 10.5 Å². The summed E-state index contributed by atoms with van der Waals surface area (Å²) in [6.45, 7) is 3.86. The highest BCUT2D eigenvalue weighted by atomic mass is 16.5. The molecule has 0 saturated carbocycles. The zero-order valence-corrected chi connectivity index (χ0v) is 8.40. The number of methoxy groups -OCH3 is 1. The first-order chi connectivity index (χ1) is 6.65. The molecule has 0 amide bonds. The van der Waals surface area contributed by atoms with E-state index in [1.807, 2.05) is 13.8 Å². The number of rotatable bonds is 1. The molecular formula is C9H12N4O. The van der Waals surface area contributed by atoms with Gasteiger partial charge < -0.3 is 10.5 Å². The summed E-state index contributed by atoms with van der Waals surface area (Å²) in [5.74, 6) is 0.684. The summed E-state index contributed by atoms with van der Waals surface area (Å²) >= 11 is 0. The number of hydrogen-bond acceptors (Lipinski definition) is 4. The first-order valence-electron chi connectivity index (χ1n) is 4.29. The maximum absolute atomic E-state index is 5.72. The van der Waals surface area contributed by atoms with Gasteiger partial charge in [0.15, 0.2) is 5.65 Å². The van der Waals surface area contributed by atoms with Crippen molar-refractivity contribution in [3.63, 3.8) is 0 Å². The highest BCUT2D eigenvalue weighted by Crippen LogP contribution is 2.23. The molecule has 0 unspecified atom stereocenters. The molecular weight excluding hydrogens is 180 g/mol. The van der Waals surface area contributed by atoms with Crippen molar-refractivity contribution in [1.29, 1.82) is 0 Å². The predicted molar refractivity (Wildman–Crippen MR) is 53.4 cm³/mol. The third kappa shape index (κ3) is 1.02. The third-order valence-corrected chi connectivity index (χ3v) is 2.29. The van der Waals surface area contributed by atoms with Crippen LogP contribution in [0, 0.1) is 13.8 Å². The van der Waals surface area contributed by atoms with E-state index >= 15 is 0 Å². The molecule has 14 heavy (non-hydrogen) atoms. The van der Waals surface area contributed by atoms with Gasteiger partial charge in [-0.25, -0.2) is 4.98 Å². The molecule has 74 valence electrons. The molecule has 0 radical (unpaired) electrons. The molecule has 2 rings (SSSR count). The van der Waals surface area contributed by atoms with Crippen LogP contribution in [0.15, 0.2) is 6.20 Å². The Kier molecular flexibility index (Phi) is 1.80. The van der Waals surface area contributed by atoms with Gasteiger partial charge in [-0.15, -0.1) is 0 Å². The molecule has 5 heteroatoms. The number of ether oxygens (including phenoxy) is 1. The molecule has 0 atom stereocenters. The van der Waals surface area contributed by atoms with Crippen LogP contribution in [-0.4, -0.2) is 21.7 Å². The van der Waals surface area contributed by atoms with Gasteiger partial charge in [0, 0.05) is 11.3 Å². The fourth-order valence-electron chi connectivity index (χ4n) is 1.41. The minimum atomic E-state index is 0.561. The molecule has 0 aliphatic carbocycles. The molecule has 5 nitrogen and oxygen atoms in total. The molecule has 0 aliphatic heterocycles. The van der Waals surface area contributed by atoms with Gasteiger partial charge in [-0.3, -0.25) is 0 Å². The molecule has 2 heterocycles. The molecule has 0 spiro atoms. The topological polar surface area (TPSA) is 65.4 Å². The maximum atomic E-state index is 5.72. The average molecular weight is 192 g/mol. The Bertz CT molecular complexity index is 489. The smallest absolute Gasteiger partial charge is 0.221 e. The average Bonchev–Trinajstić information content (AvgIpc) is 2.51. The van der Waals surface area contributed by atoms with E-state index in [-0.39, 0.29) is 0 Å². The number of nitrogens with two attached hydrogens (primary N) is 1. The lowest BCUT2D eigenvalue weighted by Crippen LogP contribution is -2.03. The molecule has 2 N–H and O–H groups in total. The molecule has 0 aromatic carbocycles. The predicted octanol–water partition coefficient (Wildman–Crippen LogP) is 0.937. The van der Waals surface area contributed by atoms with Crippen LogP contribution in [0.4, 0.5) is 5.69 Å². The van der Waals surface area contributed by atoms with Crippen molar-refractivity contribution in [2.24, 2.45) is 0 Å². The number of aromatic nitrogens is 3. The number of anilines is 1. The maximum Gasteiger partial charge on any atom is 0.221 e. The lowest BCUT2D eigenvalue weighted by Gasteiger charge is -2.08. The van der Waals surface area contributed by atoms with Gasteiger partial charge in [0.1, 0.15) is 0 Å². The Morgan fingerprint density at radius 3 is 2.79 bits per heavy atom. The number of nitrogens with zero attached hydrogens (tertiary/aromatic N) is 3. The summed E-state index contributed by atoms with van der Waals surface area (Å²) in [6.07, 6.45) is 1.57. The van der Waals surface area contributed by atoms with Crippen LogP contribution >= 0.6 is 0 Å². The molecule has 2 aromatic rings. The minimum Gasteiger partial charge on any atom is -0.481 e. The van der Waals surface area contributed by atoms with Crippen LogP contribution in [0.25, 0.3) is 5.65 Å². The van der Waals surface area contributed by atoms with Crippen LogP contribution in [-0.2, 0) is 0 Å². The minimum absolute atomic E-state index is 0.561.